The van der Waals surface area contributed by atoms with E-state index >= 15 is 0 Å². The molecule has 2 unspecified atom stereocenters. The number of carbonyl (C=O) groups excluding carboxylic acids is 1. The van der Waals surface area contributed by atoms with Crippen LogP contribution in [-0.4, -0.2) is 28.7 Å². The SMILES string of the molecule is C=C(C)C(CCC(C)=CC=CC(=O)O)OC(=O)C(Cl)Oc1ccc(Cl)cc1.N. The summed E-state index contributed by atoms with van der Waals surface area (Å²) in [6.07, 6.45) is 4.76. The molecule has 1 aromatic carbocycles. The topological polar surface area (TPSA) is 108 Å². The average molecular weight is 430 g/mol. The van der Waals surface area contributed by atoms with Crippen molar-refractivity contribution in [2.24, 2.45) is 0 Å². The molecular formula is C20H25Cl2NO5. The second-order valence-electron chi connectivity index (χ2n) is 5.91. The number of hydrogen-bond donors (Lipinski definition) is 2. The van der Waals surface area contributed by atoms with Gasteiger partial charge in [-0.2, -0.15) is 0 Å². The van der Waals surface area contributed by atoms with Crippen LogP contribution in [-0.2, 0) is 14.3 Å². The van der Waals surface area contributed by atoms with Gasteiger partial charge in [-0.05, 0) is 56.5 Å². The normalized spacial score (nSPS) is 13.4. The first-order valence-electron chi connectivity index (χ1n) is 8.18. The molecule has 0 aliphatic rings. The van der Waals surface area contributed by atoms with Crippen molar-refractivity contribution in [1.29, 1.82) is 0 Å². The smallest absolute Gasteiger partial charge is 0.363 e. The van der Waals surface area contributed by atoms with Gasteiger partial charge in [-0.15, -0.1) is 0 Å². The Balaban J connectivity index is 0.00000729. The third-order valence-electron chi connectivity index (χ3n) is 3.47. The zero-order valence-electron chi connectivity index (χ0n) is 15.9. The second-order valence-corrected chi connectivity index (χ2v) is 6.74. The van der Waals surface area contributed by atoms with Crippen molar-refractivity contribution in [1.82, 2.24) is 6.15 Å². The summed E-state index contributed by atoms with van der Waals surface area (Å²) in [5.41, 5.74) is 0.311. The number of carboxylic acid groups (broad SMARTS) is 1. The van der Waals surface area contributed by atoms with Crippen LogP contribution in [0.15, 0.2) is 60.2 Å². The monoisotopic (exact) mass is 429 g/mol. The minimum atomic E-state index is -1.30. The highest BCUT2D eigenvalue weighted by atomic mass is 35.5. The van der Waals surface area contributed by atoms with Gasteiger partial charge in [0, 0.05) is 11.1 Å². The van der Waals surface area contributed by atoms with Crippen molar-refractivity contribution in [3.05, 3.63) is 65.2 Å². The highest BCUT2D eigenvalue weighted by Gasteiger charge is 2.23. The van der Waals surface area contributed by atoms with Gasteiger partial charge in [-0.1, -0.05) is 47.5 Å². The molecule has 0 heterocycles. The fourth-order valence-electron chi connectivity index (χ4n) is 2.02. The number of rotatable bonds is 10. The molecule has 0 aromatic heterocycles. The minimum absolute atomic E-state index is 0. The summed E-state index contributed by atoms with van der Waals surface area (Å²) in [6.45, 7) is 7.45. The fraction of sp³-hybridized carbons (Fsp3) is 0.300. The van der Waals surface area contributed by atoms with E-state index in [1.165, 1.54) is 6.08 Å². The summed E-state index contributed by atoms with van der Waals surface area (Å²) in [4.78, 5) is 22.6. The summed E-state index contributed by atoms with van der Waals surface area (Å²) in [6, 6.07) is 6.44. The van der Waals surface area contributed by atoms with Crippen LogP contribution in [0.4, 0.5) is 0 Å². The van der Waals surface area contributed by atoms with Crippen LogP contribution in [0.2, 0.25) is 5.02 Å². The molecule has 0 aliphatic carbocycles. The Bertz CT molecular complexity index is 729. The van der Waals surface area contributed by atoms with Crippen LogP contribution >= 0.6 is 23.2 Å². The third-order valence-corrected chi connectivity index (χ3v) is 3.99. The van der Waals surface area contributed by atoms with Crippen LogP contribution in [0.5, 0.6) is 5.75 Å². The maximum absolute atomic E-state index is 12.2. The molecule has 2 atom stereocenters. The molecule has 6 nitrogen and oxygen atoms in total. The van der Waals surface area contributed by atoms with Crippen LogP contribution in [0, 0.1) is 0 Å². The van der Waals surface area contributed by atoms with Crippen molar-refractivity contribution < 1.29 is 24.2 Å². The fourth-order valence-corrected chi connectivity index (χ4v) is 2.30. The first-order valence-corrected chi connectivity index (χ1v) is 8.99. The van der Waals surface area contributed by atoms with E-state index in [1.807, 2.05) is 6.92 Å². The molecule has 28 heavy (non-hydrogen) atoms. The Hall–Kier alpha value is -2.28. The van der Waals surface area contributed by atoms with Gasteiger partial charge < -0.3 is 20.7 Å². The van der Waals surface area contributed by atoms with Crippen molar-refractivity contribution in [2.45, 2.75) is 38.4 Å². The predicted octanol–water partition coefficient (Wildman–Crippen LogP) is 5.30. The second kappa shape index (κ2) is 13.0. The number of carbonyl (C=O) groups is 2. The average Bonchev–Trinajstić information content (AvgIpc) is 2.59. The van der Waals surface area contributed by atoms with E-state index in [-0.39, 0.29) is 6.15 Å². The number of alkyl halides is 1. The number of halogens is 2. The van der Waals surface area contributed by atoms with E-state index < -0.39 is 23.6 Å². The number of carboxylic acids is 1. The number of esters is 1. The lowest BCUT2D eigenvalue weighted by Crippen LogP contribution is -2.29. The quantitative estimate of drug-likeness (QED) is 0.171. The lowest BCUT2D eigenvalue weighted by Gasteiger charge is -2.20. The Labute approximate surface area is 175 Å². The Morgan fingerprint density at radius 2 is 1.86 bits per heavy atom. The van der Waals surface area contributed by atoms with Gasteiger partial charge in [0.1, 0.15) is 11.9 Å². The molecule has 0 amide bonds. The number of allylic oxidation sites excluding steroid dienone is 3. The van der Waals surface area contributed by atoms with Crippen LogP contribution < -0.4 is 10.9 Å². The summed E-state index contributed by atoms with van der Waals surface area (Å²) < 4.78 is 10.7. The molecule has 154 valence electrons. The van der Waals surface area contributed by atoms with Gasteiger partial charge in [-0.25, -0.2) is 9.59 Å². The van der Waals surface area contributed by atoms with E-state index in [1.54, 1.807) is 37.3 Å². The first kappa shape index (κ1) is 25.7. The minimum Gasteiger partial charge on any atom is -0.478 e. The highest BCUT2D eigenvalue weighted by molar-refractivity contribution is 6.30. The van der Waals surface area contributed by atoms with E-state index in [2.05, 4.69) is 6.58 Å². The molecule has 0 bridgehead atoms. The zero-order chi connectivity index (χ0) is 20.4. The molecule has 8 heteroatoms. The standard InChI is InChI=1S/C20H22Cl2O5.H3N/c1-13(2)17(12-7-14(3)5-4-6-18(23)24)27-20(25)19(22)26-16-10-8-15(21)9-11-16;/h4-6,8-11,17,19H,1,7,12H2,2-3H3,(H,23,24);1H3. The van der Waals surface area contributed by atoms with Crippen LogP contribution in [0.1, 0.15) is 26.7 Å². The summed E-state index contributed by atoms with van der Waals surface area (Å²) in [5.74, 6) is -1.33. The molecule has 0 aliphatic heterocycles. The molecule has 0 saturated carbocycles. The summed E-state index contributed by atoms with van der Waals surface area (Å²) >= 11 is 11.8. The van der Waals surface area contributed by atoms with Crippen LogP contribution in [0.25, 0.3) is 0 Å². The lowest BCUT2D eigenvalue weighted by atomic mass is 10.0. The van der Waals surface area contributed by atoms with Crippen LogP contribution in [0.3, 0.4) is 0 Å². The van der Waals surface area contributed by atoms with Gasteiger partial charge in [0.25, 0.3) is 5.56 Å². The first-order chi connectivity index (χ1) is 12.7. The highest BCUT2D eigenvalue weighted by Crippen LogP contribution is 2.20. The number of ether oxygens (including phenoxy) is 2. The van der Waals surface area contributed by atoms with E-state index in [9.17, 15) is 9.59 Å². The molecule has 0 fully saturated rings. The third kappa shape index (κ3) is 10.2. The van der Waals surface area contributed by atoms with Crippen molar-refractivity contribution in [2.75, 3.05) is 0 Å². The Morgan fingerprint density at radius 1 is 1.25 bits per heavy atom. The number of benzene rings is 1. The Morgan fingerprint density at radius 3 is 2.39 bits per heavy atom. The molecule has 0 saturated heterocycles. The summed E-state index contributed by atoms with van der Waals surface area (Å²) in [5, 5.41) is 9.11. The zero-order valence-corrected chi connectivity index (χ0v) is 17.4. The molecule has 4 N–H and O–H groups in total. The van der Waals surface area contributed by atoms with E-state index in [0.717, 1.165) is 11.6 Å². The molecule has 1 rings (SSSR count). The van der Waals surface area contributed by atoms with Gasteiger partial charge in [-0.3, -0.25) is 0 Å². The van der Waals surface area contributed by atoms with Gasteiger partial charge >= 0.3 is 11.9 Å². The number of aliphatic carboxylic acids is 1. The van der Waals surface area contributed by atoms with Crippen molar-refractivity contribution in [3.8, 4) is 5.75 Å². The number of hydrogen-bond acceptors (Lipinski definition) is 5. The maximum Gasteiger partial charge on any atom is 0.363 e. The molecule has 0 spiro atoms. The largest absolute Gasteiger partial charge is 0.478 e. The Kier molecular flexibility index (Phi) is 11.9. The maximum atomic E-state index is 12.2. The summed E-state index contributed by atoms with van der Waals surface area (Å²) in [7, 11) is 0. The molecule has 0 radical (unpaired) electrons. The van der Waals surface area contributed by atoms with Gasteiger partial charge in [0.2, 0.25) is 0 Å². The molecular weight excluding hydrogens is 405 g/mol. The van der Waals surface area contributed by atoms with Gasteiger partial charge in [0.15, 0.2) is 0 Å². The predicted molar refractivity (Wildman–Crippen MR) is 111 cm³/mol. The van der Waals surface area contributed by atoms with Gasteiger partial charge in [0.05, 0.1) is 0 Å². The van der Waals surface area contributed by atoms with Crippen molar-refractivity contribution >= 4 is 35.1 Å². The molecule has 1 aromatic rings. The van der Waals surface area contributed by atoms with E-state index in [0.29, 0.717) is 29.2 Å². The van der Waals surface area contributed by atoms with Crippen molar-refractivity contribution in [3.63, 3.8) is 0 Å². The lowest BCUT2D eigenvalue weighted by molar-refractivity contribution is -0.152. The van der Waals surface area contributed by atoms with E-state index in [4.69, 9.17) is 37.8 Å².